The van der Waals surface area contributed by atoms with Gasteiger partial charge in [-0.15, -0.1) is 0 Å². The molecule has 5 nitrogen and oxygen atoms in total. The molecule has 0 saturated carbocycles. The van der Waals surface area contributed by atoms with E-state index >= 15 is 0 Å². The zero-order valence-electron chi connectivity index (χ0n) is 10.7. The molecule has 1 aliphatic heterocycles. The fraction of sp³-hybridized carbons (Fsp3) is 0.615. The lowest BCUT2D eigenvalue weighted by molar-refractivity contribution is -0.136. The molecule has 2 rings (SSSR count). The highest BCUT2D eigenvalue weighted by Gasteiger charge is 2.20. The smallest absolute Gasteiger partial charge is 0.303 e. The van der Waals surface area contributed by atoms with Gasteiger partial charge in [0.15, 0.2) is 0 Å². The van der Waals surface area contributed by atoms with Crippen molar-refractivity contribution in [1.82, 2.24) is 14.9 Å². The molecule has 0 unspecified atom stereocenters. The second-order valence-electron chi connectivity index (χ2n) is 4.93. The molecule has 98 valence electrons. The van der Waals surface area contributed by atoms with Crippen molar-refractivity contribution in [3.8, 4) is 0 Å². The number of likely N-dealkylation sites (tertiary alicyclic amines) is 1. The van der Waals surface area contributed by atoms with Crippen LogP contribution in [0.5, 0.6) is 0 Å². The van der Waals surface area contributed by atoms with Crippen LogP contribution in [0.1, 0.15) is 36.6 Å². The van der Waals surface area contributed by atoms with Gasteiger partial charge in [0.2, 0.25) is 0 Å². The summed E-state index contributed by atoms with van der Waals surface area (Å²) in [5, 5.41) is 8.61. The minimum absolute atomic E-state index is 0.111. The summed E-state index contributed by atoms with van der Waals surface area (Å²) < 4.78 is 0. The molecule has 1 fully saturated rings. The van der Waals surface area contributed by atoms with Gasteiger partial charge in [-0.25, -0.2) is 0 Å². The first-order valence-corrected chi connectivity index (χ1v) is 6.36. The summed E-state index contributed by atoms with van der Waals surface area (Å²) >= 11 is 0. The summed E-state index contributed by atoms with van der Waals surface area (Å²) in [5.41, 5.74) is 1.78. The molecule has 0 radical (unpaired) electrons. The van der Waals surface area contributed by atoms with E-state index in [1.165, 1.54) is 6.42 Å². The van der Waals surface area contributed by atoms with E-state index < -0.39 is 5.97 Å². The number of nitrogens with zero attached hydrogens (tertiary/aromatic N) is 3. The summed E-state index contributed by atoms with van der Waals surface area (Å²) in [7, 11) is 2.13. The fourth-order valence-electron chi connectivity index (χ4n) is 2.35. The van der Waals surface area contributed by atoms with Crippen LogP contribution < -0.4 is 0 Å². The van der Waals surface area contributed by atoms with Crippen molar-refractivity contribution in [2.75, 3.05) is 20.1 Å². The van der Waals surface area contributed by atoms with E-state index in [0.717, 1.165) is 30.9 Å². The third kappa shape index (κ3) is 3.50. The van der Waals surface area contributed by atoms with Crippen molar-refractivity contribution < 1.29 is 9.90 Å². The highest BCUT2D eigenvalue weighted by Crippen LogP contribution is 2.24. The molecule has 1 aromatic heterocycles. The molecule has 1 aromatic rings. The number of hydrogen-bond acceptors (Lipinski definition) is 4. The number of likely N-dealkylation sites (N-methyl/N-ethyl adjacent to an activating group) is 1. The van der Waals surface area contributed by atoms with Crippen LogP contribution in [0.2, 0.25) is 0 Å². The largest absolute Gasteiger partial charge is 0.481 e. The maximum atomic E-state index is 10.5. The first-order valence-electron chi connectivity index (χ1n) is 6.36. The van der Waals surface area contributed by atoms with Gasteiger partial charge >= 0.3 is 5.97 Å². The van der Waals surface area contributed by atoms with Crippen molar-refractivity contribution in [1.29, 1.82) is 0 Å². The summed E-state index contributed by atoms with van der Waals surface area (Å²) in [6, 6.07) is 0. The van der Waals surface area contributed by atoms with Crippen molar-refractivity contribution in [2.45, 2.75) is 31.6 Å². The number of carboxylic acid groups (broad SMARTS) is 1. The average molecular weight is 249 g/mol. The molecule has 5 heteroatoms. The first-order chi connectivity index (χ1) is 8.65. The van der Waals surface area contributed by atoms with Crippen LogP contribution in [0, 0.1) is 0 Å². The lowest BCUT2D eigenvalue weighted by atomic mass is 9.95. The lowest BCUT2D eigenvalue weighted by Gasteiger charge is -2.29. The van der Waals surface area contributed by atoms with Gasteiger partial charge in [0, 0.05) is 31.3 Å². The Morgan fingerprint density at radius 3 is 2.94 bits per heavy atom. The molecule has 0 amide bonds. The highest BCUT2D eigenvalue weighted by molar-refractivity contribution is 5.66. The Morgan fingerprint density at radius 2 is 2.33 bits per heavy atom. The summed E-state index contributed by atoms with van der Waals surface area (Å²) in [6.45, 7) is 2.18. The molecule has 0 spiro atoms. The van der Waals surface area contributed by atoms with Crippen molar-refractivity contribution in [3.05, 3.63) is 23.8 Å². The van der Waals surface area contributed by atoms with E-state index in [-0.39, 0.29) is 6.42 Å². The Bertz CT molecular complexity index is 405. The zero-order chi connectivity index (χ0) is 13.0. The SMILES string of the molecule is CN1CCC[C@H](c2cnc(CCC(=O)O)cn2)C1. The monoisotopic (exact) mass is 249 g/mol. The van der Waals surface area contributed by atoms with Crippen LogP contribution in [-0.4, -0.2) is 46.1 Å². The summed E-state index contributed by atoms with van der Waals surface area (Å²) in [5.74, 6) is -0.334. The summed E-state index contributed by atoms with van der Waals surface area (Å²) in [6.07, 6.45) is 6.44. The number of aryl methyl sites for hydroxylation is 1. The number of aromatic nitrogens is 2. The quantitative estimate of drug-likeness (QED) is 0.871. The van der Waals surface area contributed by atoms with E-state index in [1.54, 1.807) is 12.4 Å². The van der Waals surface area contributed by atoms with Gasteiger partial charge in [-0.2, -0.15) is 0 Å². The zero-order valence-corrected chi connectivity index (χ0v) is 10.7. The number of carboxylic acids is 1. The molecule has 18 heavy (non-hydrogen) atoms. The Hall–Kier alpha value is -1.49. The second-order valence-corrected chi connectivity index (χ2v) is 4.93. The maximum absolute atomic E-state index is 10.5. The van der Waals surface area contributed by atoms with E-state index in [9.17, 15) is 4.79 Å². The van der Waals surface area contributed by atoms with Gasteiger partial charge in [-0.3, -0.25) is 14.8 Å². The van der Waals surface area contributed by atoms with E-state index in [1.807, 2.05) is 0 Å². The van der Waals surface area contributed by atoms with Crippen LogP contribution in [0.15, 0.2) is 12.4 Å². The van der Waals surface area contributed by atoms with Crippen molar-refractivity contribution >= 4 is 5.97 Å². The molecule has 1 aliphatic rings. The van der Waals surface area contributed by atoms with E-state index in [4.69, 9.17) is 5.11 Å². The van der Waals surface area contributed by atoms with Crippen LogP contribution in [0.4, 0.5) is 0 Å². The topological polar surface area (TPSA) is 66.3 Å². The van der Waals surface area contributed by atoms with E-state index in [0.29, 0.717) is 12.3 Å². The Labute approximate surface area is 107 Å². The molecule has 0 bridgehead atoms. The minimum atomic E-state index is -0.796. The molecule has 1 N–H and O–H groups in total. The third-order valence-corrected chi connectivity index (χ3v) is 3.36. The second kappa shape index (κ2) is 5.91. The third-order valence-electron chi connectivity index (χ3n) is 3.36. The van der Waals surface area contributed by atoms with Crippen LogP contribution in [0.25, 0.3) is 0 Å². The van der Waals surface area contributed by atoms with Crippen LogP contribution in [0.3, 0.4) is 0 Å². The van der Waals surface area contributed by atoms with Gasteiger partial charge in [-0.1, -0.05) is 0 Å². The molecule has 2 heterocycles. The molecular formula is C13H19N3O2. The first kappa shape index (κ1) is 13.0. The number of hydrogen-bond donors (Lipinski definition) is 1. The van der Waals surface area contributed by atoms with E-state index in [2.05, 4.69) is 21.9 Å². The lowest BCUT2D eigenvalue weighted by Crippen LogP contribution is -2.31. The average Bonchev–Trinajstić information content (AvgIpc) is 2.37. The predicted octanol–water partition coefficient (Wildman–Crippen LogP) is 1.30. The normalized spacial score (nSPS) is 20.8. The number of carbonyl (C=O) groups is 1. The molecule has 1 atom stereocenters. The van der Waals surface area contributed by atoms with Gasteiger partial charge < -0.3 is 10.0 Å². The molecule has 0 aromatic carbocycles. The number of aliphatic carboxylic acids is 1. The minimum Gasteiger partial charge on any atom is -0.481 e. The van der Waals surface area contributed by atoms with Crippen LogP contribution in [-0.2, 0) is 11.2 Å². The maximum Gasteiger partial charge on any atom is 0.303 e. The highest BCUT2D eigenvalue weighted by atomic mass is 16.4. The molecule has 1 saturated heterocycles. The number of piperidine rings is 1. The fourth-order valence-corrected chi connectivity index (χ4v) is 2.35. The Balaban J connectivity index is 1.96. The number of rotatable bonds is 4. The van der Waals surface area contributed by atoms with Gasteiger partial charge in [0.25, 0.3) is 0 Å². The van der Waals surface area contributed by atoms with Gasteiger partial charge in [0.05, 0.1) is 17.8 Å². The van der Waals surface area contributed by atoms with Crippen LogP contribution >= 0.6 is 0 Å². The predicted molar refractivity (Wildman–Crippen MR) is 67.5 cm³/mol. The Kier molecular flexibility index (Phi) is 4.25. The van der Waals surface area contributed by atoms with Crippen molar-refractivity contribution in [2.24, 2.45) is 0 Å². The molecule has 0 aliphatic carbocycles. The van der Waals surface area contributed by atoms with Crippen molar-refractivity contribution in [3.63, 3.8) is 0 Å². The van der Waals surface area contributed by atoms with Gasteiger partial charge in [-0.05, 0) is 26.4 Å². The standard InChI is InChI=1S/C13H19N3O2/c1-16-6-2-3-10(9-16)12-8-14-11(7-15-12)4-5-13(17)18/h7-8,10H,2-6,9H2,1H3,(H,17,18)/t10-/m0/s1. The summed E-state index contributed by atoms with van der Waals surface area (Å²) in [4.78, 5) is 21.5. The van der Waals surface area contributed by atoms with Gasteiger partial charge in [0.1, 0.15) is 0 Å². The molecular weight excluding hydrogens is 230 g/mol. The Morgan fingerprint density at radius 1 is 1.50 bits per heavy atom.